The summed E-state index contributed by atoms with van der Waals surface area (Å²) in [5, 5.41) is 22.3. The summed E-state index contributed by atoms with van der Waals surface area (Å²) in [4.78, 5) is 10.2. The molecule has 25 heavy (non-hydrogen) atoms. The van der Waals surface area contributed by atoms with Crippen LogP contribution in [0.5, 0.6) is 0 Å². The number of aromatic amines is 1. The van der Waals surface area contributed by atoms with Gasteiger partial charge in [0.05, 0.1) is 22.5 Å². The number of hydrogen-bond donors (Lipinski definition) is 3. The van der Waals surface area contributed by atoms with E-state index in [0.29, 0.717) is 18.4 Å². The minimum absolute atomic E-state index is 0.111. The lowest BCUT2D eigenvalue weighted by molar-refractivity contribution is -0.914. The summed E-state index contributed by atoms with van der Waals surface area (Å²) in [6.45, 7) is 1.45. The number of aromatic nitrogens is 2. The summed E-state index contributed by atoms with van der Waals surface area (Å²) < 4.78 is 0. The first-order valence-corrected chi connectivity index (χ1v) is 9.29. The Morgan fingerprint density at radius 3 is 3.00 bits per heavy atom. The van der Waals surface area contributed by atoms with Crippen LogP contribution in [-0.4, -0.2) is 28.2 Å². The van der Waals surface area contributed by atoms with Gasteiger partial charge in [-0.15, -0.1) is 11.3 Å². The lowest BCUT2D eigenvalue weighted by Crippen LogP contribution is -3.10. The van der Waals surface area contributed by atoms with Crippen molar-refractivity contribution in [1.29, 1.82) is 5.26 Å². The number of allylic oxidation sites excluding steroid dienone is 1. The molecule has 0 bridgehead atoms. The number of fused-ring (bicyclic) bond motifs is 1. The van der Waals surface area contributed by atoms with Crippen molar-refractivity contribution < 1.29 is 10.0 Å². The van der Waals surface area contributed by atoms with Gasteiger partial charge in [-0.2, -0.15) is 5.26 Å². The van der Waals surface area contributed by atoms with E-state index in [4.69, 9.17) is 0 Å². The fourth-order valence-electron chi connectivity index (χ4n) is 3.58. The van der Waals surface area contributed by atoms with E-state index >= 15 is 0 Å². The molecular weight excluding hydrogens is 332 g/mol. The van der Waals surface area contributed by atoms with Gasteiger partial charge < -0.3 is 15.0 Å². The van der Waals surface area contributed by atoms with E-state index in [-0.39, 0.29) is 11.3 Å². The quantitative estimate of drug-likeness (QED) is 0.500. The minimum atomic E-state index is 0.111. The van der Waals surface area contributed by atoms with Crippen molar-refractivity contribution in [2.45, 2.75) is 18.9 Å². The topological polar surface area (TPSA) is 77.1 Å². The fraction of sp³-hybridized carbons (Fsp3) is 0.263. The molecule has 6 heteroatoms. The van der Waals surface area contributed by atoms with E-state index in [1.807, 2.05) is 24.3 Å². The number of quaternary nitrogens is 1. The van der Waals surface area contributed by atoms with Crippen LogP contribution in [0.3, 0.4) is 0 Å². The van der Waals surface area contributed by atoms with Crippen molar-refractivity contribution in [2.24, 2.45) is 0 Å². The van der Waals surface area contributed by atoms with Gasteiger partial charge in [0, 0.05) is 12.8 Å². The molecule has 0 saturated carbocycles. The van der Waals surface area contributed by atoms with Crippen LogP contribution in [0.2, 0.25) is 0 Å². The highest BCUT2D eigenvalue weighted by Crippen LogP contribution is 2.24. The van der Waals surface area contributed by atoms with Crippen molar-refractivity contribution >= 4 is 27.9 Å². The molecule has 4 rings (SSSR count). The van der Waals surface area contributed by atoms with Gasteiger partial charge in [0.2, 0.25) is 0 Å². The molecule has 2 aromatic heterocycles. The molecule has 0 aliphatic carbocycles. The van der Waals surface area contributed by atoms with Crippen LogP contribution in [0, 0.1) is 11.3 Å². The van der Waals surface area contributed by atoms with Crippen molar-refractivity contribution in [3.8, 4) is 6.07 Å². The molecule has 1 aliphatic heterocycles. The molecular formula is C19H19N4OS+. The van der Waals surface area contributed by atoms with Crippen LogP contribution in [0.15, 0.2) is 47.5 Å². The zero-order valence-electron chi connectivity index (χ0n) is 13.7. The summed E-state index contributed by atoms with van der Waals surface area (Å²) in [7, 11) is 0. The zero-order valence-corrected chi connectivity index (χ0v) is 14.5. The molecule has 1 saturated heterocycles. The van der Waals surface area contributed by atoms with E-state index < -0.39 is 0 Å². The number of likely N-dealkylation sites (tertiary alicyclic amines) is 1. The predicted molar refractivity (Wildman–Crippen MR) is 98.2 cm³/mol. The van der Waals surface area contributed by atoms with Crippen LogP contribution >= 0.6 is 11.3 Å². The second kappa shape index (κ2) is 6.71. The number of H-pyrrole nitrogens is 1. The van der Waals surface area contributed by atoms with E-state index in [1.54, 1.807) is 11.3 Å². The third-order valence-electron chi connectivity index (χ3n) is 4.79. The van der Waals surface area contributed by atoms with E-state index in [1.165, 1.54) is 9.78 Å². The molecule has 5 nitrogen and oxygen atoms in total. The smallest absolute Gasteiger partial charge is 0.169 e. The van der Waals surface area contributed by atoms with Crippen molar-refractivity contribution in [3.63, 3.8) is 0 Å². The van der Waals surface area contributed by atoms with Gasteiger partial charge in [-0.25, -0.2) is 4.98 Å². The molecule has 3 aromatic rings. The Balaban J connectivity index is 1.62. The first-order valence-electron chi connectivity index (χ1n) is 8.41. The molecule has 0 amide bonds. The summed E-state index contributed by atoms with van der Waals surface area (Å²) in [5.74, 6) is 0.549. The highest BCUT2D eigenvalue weighted by Gasteiger charge is 2.32. The normalized spacial score (nSPS) is 21.2. The number of aliphatic hydroxyl groups excluding tert-OH is 1. The molecule has 1 fully saturated rings. The van der Waals surface area contributed by atoms with Crippen molar-refractivity contribution in [1.82, 2.24) is 9.97 Å². The lowest BCUT2D eigenvalue weighted by atomic mass is 10.1. The summed E-state index contributed by atoms with van der Waals surface area (Å²) in [6.07, 6.45) is 2.26. The van der Waals surface area contributed by atoms with Crippen molar-refractivity contribution in [3.05, 3.63) is 58.2 Å². The maximum Gasteiger partial charge on any atom is 0.169 e. The Labute approximate surface area is 149 Å². The molecule has 2 atom stereocenters. The number of aliphatic hydroxyl groups is 1. The number of rotatable bonds is 4. The summed E-state index contributed by atoms with van der Waals surface area (Å²) >= 11 is 1.76. The number of nitriles is 1. The molecule has 3 heterocycles. The van der Waals surface area contributed by atoms with Gasteiger partial charge in [0.1, 0.15) is 24.2 Å². The SMILES string of the molecule is N#C/C(=C(/O)C[NH+]1CCC[C@H]1c1cccs1)c1nc2ccccc2[nH]1. The Hall–Kier alpha value is -2.62. The summed E-state index contributed by atoms with van der Waals surface area (Å²) in [5.41, 5.74) is 1.89. The maximum atomic E-state index is 10.6. The molecule has 1 aromatic carbocycles. The molecule has 126 valence electrons. The van der Waals surface area contributed by atoms with Gasteiger partial charge in [0.15, 0.2) is 11.6 Å². The molecule has 1 unspecified atom stereocenters. The Morgan fingerprint density at radius 2 is 2.24 bits per heavy atom. The highest BCUT2D eigenvalue weighted by molar-refractivity contribution is 7.10. The number of thiophene rings is 1. The van der Waals surface area contributed by atoms with E-state index in [2.05, 4.69) is 33.5 Å². The molecule has 3 N–H and O–H groups in total. The number of nitrogens with one attached hydrogen (secondary N) is 2. The lowest BCUT2D eigenvalue weighted by Gasteiger charge is -2.20. The minimum Gasteiger partial charge on any atom is -0.506 e. The van der Waals surface area contributed by atoms with Crippen LogP contribution < -0.4 is 4.90 Å². The number of hydrogen-bond acceptors (Lipinski definition) is 4. The van der Waals surface area contributed by atoms with Crippen LogP contribution in [0.1, 0.15) is 29.6 Å². The predicted octanol–water partition coefficient (Wildman–Crippen LogP) is 2.84. The average molecular weight is 351 g/mol. The Morgan fingerprint density at radius 1 is 1.36 bits per heavy atom. The zero-order chi connectivity index (χ0) is 17.2. The van der Waals surface area contributed by atoms with Gasteiger partial charge in [0.25, 0.3) is 0 Å². The number of nitrogens with zero attached hydrogens (tertiary/aromatic N) is 2. The van der Waals surface area contributed by atoms with E-state index in [9.17, 15) is 10.4 Å². The number of benzene rings is 1. The number of imidazole rings is 1. The maximum absolute atomic E-state index is 10.6. The van der Waals surface area contributed by atoms with Crippen LogP contribution in [-0.2, 0) is 0 Å². The summed E-state index contributed by atoms with van der Waals surface area (Å²) in [6, 6.07) is 14.4. The van der Waals surface area contributed by atoms with Gasteiger partial charge in [-0.3, -0.25) is 0 Å². The molecule has 0 spiro atoms. The second-order valence-electron chi connectivity index (χ2n) is 6.33. The second-order valence-corrected chi connectivity index (χ2v) is 7.31. The third-order valence-corrected chi connectivity index (χ3v) is 5.78. The van der Waals surface area contributed by atoms with Gasteiger partial charge >= 0.3 is 0 Å². The fourth-order valence-corrected chi connectivity index (χ4v) is 4.51. The van der Waals surface area contributed by atoms with Gasteiger partial charge in [-0.1, -0.05) is 18.2 Å². The monoisotopic (exact) mass is 351 g/mol. The van der Waals surface area contributed by atoms with Crippen LogP contribution in [0.25, 0.3) is 16.6 Å². The van der Waals surface area contributed by atoms with Gasteiger partial charge in [-0.05, 0) is 23.6 Å². The van der Waals surface area contributed by atoms with E-state index in [0.717, 1.165) is 30.4 Å². The average Bonchev–Trinajstić information content (AvgIpc) is 3.35. The molecule has 0 radical (unpaired) electrons. The Kier molecular flexibility index (Phi) is 4.26. The first-order chi connectivity index (χ1) is 12.3. The van der Waals surface area contributed by atoms with Crippen LogP contribution in [0.4, 0.5) is 0 Å². The largest absolute Gasteiger partial charge is 0.506 e. The third kappa shape index (κ3) is 3.04. The standard InChI is InChI=1S/C19H18N4OS/c20-11-13(19-21-14-5-1-2-6-15(14)22-19)17(24)12-23-9-3-7-16(23)18-8-4-10-25-18/h1-2,4-6,8,10,16,24H,3,7,9,12H2,(H,21,22)/p+1/b17-13-/t16-/m0/s1. The number of para-hydroxylation sites is 2. The Bertz CT molecular complexity index is 918. The molecule has 1 aliphatic rings. The highest BCUT2D eigenvalue weighted by atomic mass is 32.1. The first kappa shape index (κ1) is 15.9. The van der Waals surface area contributed by atoms with Crippen molar-refractivity contribution in [2.75, 3.05) is 13.1 Å².